The molecule has 0 aliphatic heterocycles. The van der Waals surface area contributed by atoms with Gasteiger partial charge in [-0.3, -0.25) is 9.69 Å². The molecule has 1 atom stereocenters. The number of carboxylic acids is 1. The van der Waals surface area contributed by atoms with Crippen molar-refractivity contribution in [1.82, 2.24) is 4.90 Å². The molecule has 96 valence electrons. The van der Waals surface area contributed by atoms with Crippen molar-refractivity contribution < 1.29 is 14.6 Å². The minimum atomic E-state index is -0.859. The summed E-state index contributed by atoms with van der Waals surface area (Å²) >= 11 is 0. The molecule has 16 heavy (non-hydrogen) atoms. The van der Waals surface area contributed by atoms with Gasteiger partial charge in [-0.05, 0) is 26.3 Å². The highest BCUT2D eigenvalue weighted by Crippen LogP contribution is 2.22. The summed E-state index contributed by atoms with van der Waals surface area (Å²) in [6.45, 7) is 10.9. The Morgan fingerprint density at radius 1 is 1.44 bits per heavy atom. The third kappa shape index (κ3) is 3.46. The molecule has 0 rings (SSSR count). The predicted molar refractivity (Wildman–Crippen MR) is 64.6 cm³/mol. The van der Waals surface area contributed by atoms with Gasteiger partial charge in [-0.15, -0.1) is 0 Å². The summed E-state index contributed by atoms with van der Waals surface area (Å²) in [4.78, 5) is 13.3. The van der Waals surface area contributed by atoms with Gasteiger partial charge in [0, 0.05) is 13.2 Å². The maximum atomic E-state index is 11.3. The Labute approximate surface area is 98.6 Å². The van der Waals surface area contributed by atoms with E-state index in [1.807, 2.05) is 11.8 Å². The Balaban J connectivity index is 4.99. The van der Waals surface area contributed by atoms with Crippen LogP contribution in [0, 0.1) is 5.92 Å². The first-order chi connectivity index (χ1) is 7.28. The van der Waals surface area contributed by atoms with Gasteiger partial charge in [0.25, 0.3) is 0 Å². The van der Waals surface area contributed by atoms with Crippen molar-refractivity contribution in [2.24, 2.45) is 5.92 Å². The maximum Gasteiger partial charge on any atom is 0.323 e. The van der Waals surface area contributed by atoms with Crippen molar-refractivity contribution in [2.45, 2.75) is 46.2 Å². The topological polar surface area (TPSA) is 49.8 Å². The van der Waals surface area contributed by atoms with Crippen molar-refractivity contribution in [1.29, 1.82) is 0 Å². The lowest BCUT2D eigenvalue weighted by Crippen LogP contribution is -2.57. The van der Waals surface area contributed by atoms with Crippen LogP contribution in [0.15, 0.2) is 0 Å². The minimum absolute atomic E-state index is 0.126. The minimum Gasteiger partial charge on any atom is -0.480 e. The van der Waals surface area contributed by atoms with Gasteiger partial charge in [0.05, 0.1) is 6.61 Å². The van der Waals surface area contributed by atoms with Crippen LogP contribution in [0.1, 0.15) is 34.6 Å². The standard InChI is InChI=1S/C12H25NO3/c1-7-13(12(4,5)11(14)15)10(8-16-6)9(2)3/h9-10H,7-8H2,1-6H3,(H,14,15). The Kier molecular flexibility index (Phi) is 5.97. The van der Waals surface area contributed by atoms with E-state index < -0.39 is 11.5 Å². The van der Waals surface area contributed by atoms with Gasteiger partial charge in [-0.1, -0.05) is 20.8 Å². The van der Waals surface area contributed by atoms with Crippen LogP contribution in [0.5, 0.6) is 0 Å². The second-order valence-corrected chi connectivity index (χ2v) is 4.92. The zero-order valence-electron chi connectivity index (χ0n) is 11.3. The normalized spacial score (nSPS) is 14.5. The molecule has 0 heterocycles. The van der Waals surface area contributed by atoms with Crippen molar-refractivity contribution in [3.63, 3.8) is 0 Å². The first-order valence-electron chi connectivity index (χ1n) is 5.78. The largest absolute Gasteiger partial charge is 0.480 e. The third-order valence-electron chi connectivity index (χ3n) is 3.09. The number of likely N-dealkylation sites (N-methyl/N-ethyl adjacent to an activating group) is 1. The number of hydrogen-bond donors (Lipinski definition) is 1. The molecule has 1 N–H and O–H groups in total. The fraction of sp³-hybridized carbons (Fsp3) is 0.917. The van der Waals surface area contributed by atoms with E-state index in [1.165, 1.54) is 0 Å². The van der Waals surface area contributed by atoms with Gasteiger partial charge in [-0.25, -0.2) is 0 Å². The summed E-state index contributed by atoms with van der Waals surface area (Å²) < 4.78 is 5.19. The molecular weight excluding hydrogens is 206 g/mol. The number of nitrogens with zero attached hydrogens (tertiary/aromatic N) is 1. The van der Waals surface area contributed by atoms with E-state index >= 15 is 0 Å². The molecule has 0 fully saturated rings. The van der Waals surface area contributed by atoms with E-state index in [9.17, 15) is 9.90 Å². The van der Waals surface area contributed by atoms with Crippen LogP contribution in [0.4, 0.5) is 0 Å². The molecule has 4 heteroatoms. The number of carbonyl (C=O) groups is 1. The van der Waals surface area contributed by atoms with Crippen molar-refractivity contribution >= 4 is 5.97 Å². The number of hydrogen-bond acceptors (Lipinski definition) is 3. The van der Waals surface area contributed by atoms with Crippen LogP contribution in [0.2, 0.25) is 0 Å². The SMILES string of the molecule is CCN(C(COC)C(C)C)C(C)(C)C(=O)O. The summed E-state index contributed by atoms with van der Waals surface area (Å²) in [5, 5.41) is 9.26. The molecule has 0 aliphatic rings. The average molecular weight is 231 g/mol. The van der Waals surface area contributed by atoms with Gasteiger partial charge in [0.1, 0.15) is 5.54 Å². The van der Waals surface area contributed by atoms with E-state index in [1.54, 1.807) is 21.0 Å². The zero-order valence-corrected chi connectivity index (χ0v) is 11.3. The van der Waals surface area contributed by atoms with Crippen molar-refractivity contribution in [3.8, 4) is 0 Å². The summed E-state index contributed by atoms with van der Waals surface area (Å²) in [7, 11) is 1.65. The lowest BCUT2D eigenvalue weighted by Gasteiger charge is -2.42. The molecule has 0 spiro atoms. The molecule has 0 aromatic rings. The highest BCUT2D eigenvalue weighted by atomic mass is 16.5. The number of carboxylic acid groups (broad SMARTS) is 1. The van der Waals surface area contributed by atoms with Gasteiger partial charge < -0.3 is 9.84 Å². The molecule has 0 saturated heterocycles. The van der Waals surface area contributed by atoms with Gasteiger partial charge in [0.2, 0.25) is 0 Å². The van der Waals surface area contributed by atoms with Crippen molar-refractivity contribution in [3.05, 3.63) is 0 Å². The Hall–Kier alpha value is -0.610. The molecule has 0 amide bonds. The highest BCUT2D eigenvalue weighted by molar-refractivity contribution is 5.77. The average Bonchev–Trinajstić information content (AvgIpc) is 2.16. The lowest BCUT2D eigenvalue weighted by atomic mass is 9.95. The maximum absolute atomic E-state index is 11.3. The molecular formula is C12H25NO3. The number of rotatable bonds is 7. The van der Waals surface area contributed by atoms with Gasteiger partial charge in [-0.2, -0.15) is 0 Å². The van der Waals surface area contributed by atoms with Crippen LogP contribution < -0.4 is 0 Å². The molecule has 0 aromatic carbocycles. The van der Waals surface area contributed by atoms with E-state index in [4.69, 9.17) is 4.74 Å². The third-order valence-corrected chi connectivity index (χ3v) is 3.09. The quantitative estimate of drug-likeness (QED) is 0.726. The van der Waals surface area contributed by atoms with Crippen LogP contribution in [0.25, 0.3) is 0 Å². The first-order valence-corrected chi connectivity index (χ1v) is 5.78. The molecule has 0 aliphatic carbocycles. The van der Waals surface area contributed by atoms with Crippen LogP contribution >= 0.6 is 0 Å². The summed E-state index contributed by atoms with van der Waals surface area (Å²) in [5.74, 6) is -0.436. The van der Waals surface area contributed by atoms with E-state index in [2.05, 4.69) is 13.8 Å². The monoisotopic (exact) mass is 231 g/mol. The van der Waals surface area contributed by atoms with E-state index in [0.717, 1.165) is 0 Å². The summed E-state index contributed by atoms with van der Waals surface area (Å²) in [5.41, 5.74) is -0.859. The molecule has 4 nitrogen and oxygen atoms in total. The fourth-order valence-corrected chi connectivity index (χ4v) is 1.98. The second kappa shape index (κ2) is 6.21. The zero-order chi connectivity index (χ0) is 12.9. The van der Waals surface area contributed by atoms with Gasteiger partial charge >= 0.3 is 5.97 Å². The summed E-state index contributed by atoms with van der Waals surface area (Å²) in [6, 6.07) is 0.126. The fourth-order valence-electron chi connectivity index (χ4n) is 1.98. The predicted octanol–water partition coefficient (Wildman–Crippen LogP) is 1.84. The molecule has 0 radical (unpaired) electrons. The van der Waals surface area contributed by atoms with Crippen LogP contribution in [-0.4, -0.2) is 47.8 Å². The lowest BCUT2D eigenvalue weighted by molar-refractivity contribution is -0.152. The molecule has 0 bridgehead atoms. The Bertz CT molecular complexity index is 226. The Morgan fingerprint density at radius 3 is 2.19 bits per heavy atom. The summed E-state index contributed by atoms with van der Waals surface area (Å²) in [6.07, 6.45) is 0. The smallest absolute Gasteiger partial charge is 0.323 e. The van der Waals surface area contributed by atoms with E-state index in [-0.39, 0.29) is 6.04 Å². The second-order valence-electron chi connectivity index (χ2n) is 4.92. The number of aliphatic carboxylic acids is 1. The first kappa shape index (κ1) is 15.4. The molecule has 0 aromatic heterocycles. The number of methoxy groups -OCH3 is 1. The Morgan fingerprint density at radius 2 is 1.94 bits per heavy atom. The molecule has 1 unspecified atom stereocenters. The highest BCUT2D eigenvalue weighted by Gasteiger charge is 2.38. The van der Waals surface area contributed by atoms with Crippen LogP contribution in [0.3, 0.4) is 0 Å². The van der Waals surface area contributed by atoms with Crippen LogP contribution in [-0.2, 0) is 9.53 Å². The van der Waals surface area contributed by atoms with E-state index in [0.29, 0.717) is 19.1 Å². The number of ether oxygens (including phenoxy) is 1. The molecule has 0 saturated carbocycles. The van der Waals surface area contributed by atoms with Crippen molar-refractivity contribution in [2.75, 3.05) is 20.3 Å². The van der Waals surface area contributed by atoms with Gasteiger partial charge in [0.15, 0.2) is 0 Å².